The maximum absolute atomic E-state index is 10.4. The van der Waals surface area contributed by atoms with Gasteiger partial charge in [0.25, 0.3) is 0 Å². The van der Waals surface area contributed by atoms with E-state index in [2.05, 4.69) is 37.5 Å². The molecule has 2 atom stereocenters. The quantitative estimate of drug-likeness (QED) is 0.0790. The van der Waals surface area contributed by atoms with Crippen LogP contribution in [0.1, 0.15) is 169 Å². The first-order valence-electron chi connectivity index (χ1n) is 21.3. The topological polar surface area (TPSA) is 74.6 Å². The van der Waals surface area contributed by atoms with Crippen LogP contribution in [0.5, 0.6) is 0 Å². The molecule has 294 valence electrons. The van der Waals surface area contributed by atoms with Crippen LogP contribution in [0.3, 0.4) is 0 Å². The van der Waals surface area contributed by atoms with Gasteiger partial charge in [0.1, 0.15) is 0 Å². The van der Waals surface area contributed by atoms with E-state index < -0.39 is 0 Å². The molecule has 49 heavy (non-hydrogen) atoms. The van der Waals surface area contributed by atoms with E-state index >= 15 is 0 Å². The van der Waals surface area contributed by atoms with Gasteiger partial charge in [0, 0.05) is 63.3 Å². The fourth-order valence-electron chi connectivity index (χ4n) is 7.31. The second-order valence-electron chi connectivity index (χ2n) is 16.2. The van der Waals surface area contributed by atoms with Crippen molar-refractivity contribution in [1.29, 1.82) is 0 Å². The zero-order chi connectivity index (χ0) is 35.7. The summed E-state index contributed by atoms with van der Waals surface area (Å²) in [6.45, 7) is 18.5. The van der Waals surface area contributed by atoms with E-state index in [4.69, 9.17) is 14.2 Å². The predicted octanol–water partition coefficient (Wildman–Crippen LogP) is 9.27. The van der Waals surface area contributed by atoms with Crippen molar-refractivity contribution in [3.05, 3.63) is 0 Å². The van der Waals surface area contributed by atoms with Crippen molar-refractivity contribution in [1.82, 2.24) is 9.80 Å². The third kappa shape index (κ3) is 27.1. The molecule has 0 aliphatic carbocycles. The monoisotopic (exact) mass is 699 g/mol. The summed E-state index contributed by atoms with van der Waals surface area (Å²) in [5, 5.41) is 20.8. The molecule has 1 fully saturated rings. The van der Waals surface area contributed by atoms with Crippen molar-refractivity contribution in [3.63, 3.8) is 0 Å². The van der Waals surface area contributed by atoms with E-state index in [9.17, 15) is 10.2 Å². The highest BCUT2D eigenvalue weighted by atomic mass is 16.5. The number of aliphatic hydroxyl groups is 2. The van der Waals surface area contributed by atoms with Gasteiger partial charge in [0.2, 0.25) is 0 Å². The van der Waals surface area contributed by atoms with Crippen LogP contribution in [0, 0.1) is 10.8 Å². The first-order valence-corrected chi connectivity index (χ1v) is 21.3. The lowest BCUT2D eigenvalue weighted by atomic mass is 9.84. The molecule has 2 unspecified atom stereocenters. The second kappa shape index (κ2) is 32.4. The largest absolute Gasteiger partial charge is 0.396 e. The Labute approximate surface area is 305 Å². The summed E-state index contributed by atoms with van der Waals surface area (Å²) in [5.74, 6) is 0. The first kappa shape index (κ1) is 46.7. The van der Waals surface area contributed by atoms with Gasteiger partial charge in [0.15, 0.2) is 0 Å². The standard InChI is InChI=1S/C42H86N2O5/c1-5-7-9-11-13-15-17-19-21-23-25-41(3,39-45)37-43-27-31-47-32-28-44(30-34-49-36-35-48-33-29-43)38-42(4,40-46)26-24-22-20-18-16-14-12-10-8-6-2/h45-46H,5-40H2,1-4H3. The minimum Gasteiger partial charge on any atom is -0.396 e. The Morgan fingerprint density at radius 1 is 0.408 bits per heavy atom. The van der Waals surface area contributed by atoms with Crippen molar-refractivity contribution < 1.29 is 24.4 Å². The summed E-state index contributed by atoms with van der Waals surface area (Å²) in [6.07, 6.45) is 28.9. The predicted molar refractivity (Wildman–Crippen MR) is 209 cm³/mol. The Kier molecular flexibility index (Phi) is 30.9. The molecule has 0 saturated carbocycles. The van der Waals surface area contributed by atoms with Gasteiger partial charge in [0.05, 0.1) is 39.6 Å². The molecule has 1 rings (SSSR count). The summed E-state index contributed by atoms with van der Waals surface area (Å²) < 4.78 is 18.1. The SMILES string of the molecule is CCCCCCCCCCCCC(C)(CO)CN1CCOCCOCCN(CC(C)(CO)CCCCCCCCCCCC)CCOCC1. The lowest BCUT2D eigenvalue weighted by Crippen LogP contribution is -2.42. The van der Waals surface area contributed by atoms with Gasteiger partial charge in [-0.15, -0.1) is 0 Å². The minimum absolute atomic E-state index is 0.105. The van der Waals surface area contributed by atoms with Crippen LogP contribution < -0.4 is 0 Å². The van der Waals surface area contributed by atoms with Gasteiger partial charge in [-0.05, 0) is 12.8 Å². The number of ether oxygens (including phenoxy) is 3. The summed E-state index contributed by atoms with van der Waals surface area (Å²) in [4.78, 5) is 4.86. The Balaban J connectivity index is 2.46. The molecule has 1 aliphatic heterocycles. The highest BCUT2D eigenvalue weighted by Crippen LogP contribution is 2.27. The Morgan fingerprint density at radius 3 is 0.959 bits per heavy atom. The molecule has 0 bridgehead atoms. The van der Waals surface area contributed by atoms with Gasteiger partial charge >= 0.3 is 0 Å². The van der Waals surface area contributed by atoms with E-state index in [0.717, 1.165) is 52.1 Å². The number of hydrogen-bond donors (Lipinski definition) is 2. The maximum atomic E-state index is 10.4. The van der Waals surface area contributed by atoms with Crippen LogP contribution in [0.15, 0.2) is 0 Å². The molecular formula is C42H86N2O5. The van der Waals surface area contributed by atoms with Crippen molar-refractivity contribution in [2.45, 2.75) is 169 Å². The number of hydrogen-bond acceptors (Lipinski definition) is 7. The minimum atomic E-state index is -0.105. The third-order valence-electron chi connectivity index (χ3n) is 10.8. The summed E-state index contributed by atoms with van der Waals surface area (Å²) in [5.41, 5.74) is -0.210. The molecule has 0 aromatic rings. The molecule has 0 radical (unpaired) electrons. The van der Waals surface area contributed by atoms with Gasteiger partial charge < -0.3 is 24.4 Å². The van der Waals surface area contributed by atoms with Gasteiger partial charge in [-0.1, -0.05) is 156 Å². The lowest BCUT2D eigenvalue weighted by Gasteiger charge is -2.35. The van der Waals surface area contributed by atoms with Crippen molar-refractivity contribution in [3.8, 4) is 0 Å². The molecule has 0 spiro atoms. The highest BCUT2D eigenvalue weighted by molar-refractivity contribution is 4.80. The Bertz CT molecular complexity index is 644. The van der Waals surface area contributed by atoms with Crippen molar-refractivity contribution in [2.75, 3.05) is 92.1 Å². The smallest absolute Gasteiger partial charge is 0.0701 e. The van der Waals surface area contributed by atoms with Crippen LogP contribution in [0.2, 0.25) is 0 Å². The van der Waals surface area contributed by atoms with E-state index in [0.29, 0.717) is 39.6 Å². The molecule has 1 saturated heterocycles. The lowest BCUT2D eigenvalue weighted by molar-refractivity contribution is 0.0172. The summed E-state index contributed by atoms with van der Waals surface area (Å²) in [6, 6.07) is 0. The Hall–Kier alpha value is -0.280. The van der Waals surface area contributed by atoms with Crippen LogP contribution in [-0.4, -0.2) is 112 Å². The normalized spacial score (nSPS) is 19.2. The molecule has 7 nitrogen and oxygen atoms in total. The average Bonchev–Trinajstić information content (AvgIpc) is 3.11. The number of aliphatic hydroxyl groups excluding tert-OH is 2. The highest BCUT2D eigenvalue weighted by Gasteiger charge is 2.27. The van der Waals surface area contributed by atoms with E-state index in [-0.39, 0.29) is 24.0 Å². The zero-order valence-corrected chi connectivity index (χ0v) is 33.5. The second-order valence-corrected chi connectivity index (χ2v) is 16.2. The van der Waals surface area contributed by atoms with Crippen LogP contribution in [0.25, 0.3) is 0 Å². The zero-order valence-electron chi connectivity index (χ0n) is 33.5. The Morgan fingerprint density at radius 2 is 0.673 bits per heavy atom. The van der Waals surface area contributed by atoms with E-state index in [1.54, 1.807) is 0 Å². The van der Waals surface area contributed by atoms with Gasteiger partial charge in [-0.25, -0.2) is 0 Å². The average molecular weight is 699 g/mol. The fourth-order valence-corrected chi connectivity index (χ4v) is 7.31. The van der Waals surface area contributed by atoms with Gasteiger partial charge in [-0.3, -0.25) is 9.80 Å². The molecular weight excluding hydrogens is 612 g/mol. The first-order chi connectivity index (χ1) is 23.9. The van der Waals surface area contributed by atoms with Crippen molar-refractivity contribution >= 4 is 0 Å². The molecule has 7 heteroatoms. The summed E-state index contributed by atoms with van der Waals surface area (Å²) in [7, 11) is 0. The fraction of sp³-hybridized carbons (Fsp3) is 1.00. The number of rotatable bonds is 28. The molecule has 2 N–H and O–H groups in total. The van der Waals surface area contributed by atoms with Crippen LogP contribution >= 0.6 is 0 Å². The molecule has 0 amide bonds. The van der Waals surface area contributed by atoms with E-state index in [1.165, 1.54) is 128 Å². The molecule has 0 aromatic carbocycles. The molecule has 0 aromatic heterocycles. The van der Waals surface area contributed by atoms with Crippen LogP contribution in [-0.2, 0) is 14.2 Å². The molecule has 1 aliphatic rings. The van der Waals surface area contributed by atoms with Crippen molar-refractivity contribution in [2.24, 2.45) is 10.8 Å². The van der Waals surface area contributed by atoms with Gasteiger partial charge in [-0.2, -0.15) is 0 Å². The third-order valence-corrected chi connectivity index (χ3v) is 10.8. The number of unbranched alkanes of at least 4 members (excludes halogenated alkanes) is 18. The maximum Gasteiger partial charge on any atom is 0.0701 e. The van der Waals surface area contributed by atoms with E-state index in [1.807, 2.05) is 0 Å². The number of nitrogens with zero attached hydrogens (tertiary/aromatic N) is 2. The molecule has 1 heterocycles. The van der Waals surface area contributed by atoms with Crippen LogP contribution in [0.4, 0.5) is 0 Å². The summed E-state index contributed by atoms with van der Waals surface area (Å²) >= 11 is 0.